The second-order valence-electron chi connectivity index (χ2n) is 5.93. The third kappa shape index (κ3) is 5.27. The van der Waals surface area contributed by atoms with E-state index in [4.69, 9.17) is 10.5 Å². The molecular weight excluding hydrogens is 368 g/mol. The van der Waals surface area contributed by atoms with E-state index in [-0.39, 0.29) is 11.3 Å². The second kappa shape index (κ2) is 8.62. The van der Waals surface area contributed by atoms with Gasteiger partial charge in [-0.2, -0.15) is 0 Å². The van der Waals surface area contributed by atoms with E-state index in [1.807, 2.05) is 18.3 Å². The van der Waals surface area contributed by atoms with Crippen LogP contribution in [0.1, 0.15) is 21.5 Å². The first-order chi connectivity index (χ1) is 13.2. The number of hydrogen-bond acceptors (Lipinski definition) is 7. The summed E-state index contributed by atoms with van der Waals surface area (Å²) < 4.78 is 4.76. The maximum absolute atomic E-state index is 11.9. The van der Waals surface area contributed by atoms with Gasteiger partial charge in [0.05, 0.1) is 10.5 Å². The summed E-state index contributed by atoms with van der Waals surface area (Å²) in [4.78, 5) is 45.7. The van der Waals surface area contributed by atoms with E-state index < -0.39 is 35.1 Å². The van der Waals surface area contributed by atoms with Crippen LogP contribution in [0, 0.1) is 24.0 Å². The predicted octanol–water partition coefficient (Wildman–Crippen LogP) is 2.30. The molecule has 2 rings (SSSR count). The highest BCUT2D eigenvalue weighted by atomic mass is 16.6. The van der Waals surface area contributed by atoms with E-state index >= 15 is 0 Å². The number of esters is 1. The summed E-state index contributed by atoms with van der Waals surface area (Å²) >= 11 is 0. The fourth-order valence-corrected chi connectivity index (χ4v) is 2.31. The molecule has 0 aliphatic rings. The van der Waals surface area contributed by atoms with Crippen molar-refractivity contribution in [3.63, 3.8) is 0 Å². The first kappa shape index (κ1) is 20.4. The highest BCUT2D eigenvalue weighted by Crippen LogP contribution is 2.22. The minimum atomic E-state index is -0.965. The Hall–Kier alpha value is -3.95. The molecule has 2 aromatic carbocycles. The monoisotopic (exact) mass is 386 g/mol. The average molecular weight is 386 g/mol. The SMILES string of the molecule is Cc1ccc(NC(=O)NC(=O)COC(=O)c2ccc(N)c([N+](=O)[O-])c2)c(C)c1. The lowest BCUT2D eigenvalue weighted by atomic mass is 10.1. The molecule has 0 atom stereocenters. The molecule has 0 bridgehead atoms. The number of aryl methyl sites for hydroxylation is 2. The number of benzene rings is 2. The number of nitro benzene ring substituents is 1. The Morgan fingerprint density at radius 2 is 1.86 bits per heavy atom. The maximum Gasteiger partial charge on any atom is 0.338 e. The van der Waals surface area contributed by atoms with Crippen LogP contribution in [0.2, 0.25) is 0 Å². The van der Waals surface area contributed by atoms with Gasteiger partial charge in [-0.25, -0.2) is 9.59 Å². The van der Waals surface area contributed by atoms with Gasteiger partial charge < -0.3 is 15.8 Å². The normalized spacial score (nSPS) is 10.1. The van der Waals surface area contributed by atoms with Gasteiger partial charge in [-0.05, 0) is 37.6 Å². The number of nitrogens with one attached hydrogen (secondary N) is 2. The number of imide groups is 1. The molecule has 10 heteroatoms. The molecule has 10 nitrogen and oxygen atoms in total. The van der Waals surface area contributed by atoms with Gasteiger partial charge in [0.15, 0.2) is 6.61 Å². The molecular formula is C18H18N4O6. The van der Waals surface area contributed by atoms with Crippen LogP contribution in [0.15, 0.2) is 36.4 Å². The number of urea groups is 1. The van der Waals surface area contributed by atoms with Crippen molar-refractivity contribution >= 4 is 35.0 Å². The molecule has 0 unspecified atom stereocenters. The average Bonchev–Trinajstić information content (AvgIpc) is 2.62. The molecule has 2 aromatic rings. The molecule has 0 aliphatic heterocycles. The van der Waals surface area contributed by atoms with Gasteiger partial charge in [0.2, 0.25) is 0 Å². The summed E-state index contributed by atoms with van der Waals surface area (Å²) in [7, 11) is 0. The van der Waals surface area contributed by atoms with Crippen LogP contribution in [0.3, 0.4) is 0 Å². The summed E-state index contributed by atoms with van der Waals surface area (Å²) in [6.07, 6.45) is 0. The number of hydrogen-bond donors (Lipinski definition) is 3. The van der Waals surface area contributed by atoms with Crippen molar-refractivity contribution in [2.45, 2.75) is 13.8 Å². The van der Waals surface area contributed by atoms with Gasteiger partial charge in [-0.1, -0.05) is 17.7 Å². The maximum atomic E-state index is 11.9. The topological polar surface area (TPSA) is 154 Å². The van der Waals surface area contributed by atoms with Crippen LogP contribution in [0.4, 0.5) is 21.9 Å². The predicted molar refractivity (Wildman–Crippen MR) is 101 cm³/mol. The molecule has 28 heavy (non-hydrogen) atoms. The van der Waals surface area contributed by atoms with Gasteiger partial charge in [-0.15, -0.1) is 0 Å². The van der Waals surface area contributed by atoms with Gasteiger partial charge in [0.1, 0.15) is 5.69 Å². The van der Waals surface area contributed by atoms with Crippen molar-refractivity contribution in [2.75, 3.05) is 17.7 Å². The van der Waals surface area contributed by atoms with Crippen LogP contribution >= 0.6 is 0 Å². The Balaban J connectivity index is 1.89. The van der Waals surface area contributed by atoms with E-state index in [1.165, 1.54) is 12.1 Å². The number of nitro groups is 1. The molecule has 0 saturated carbocycles. The highest BCUT2D eigenvalue weighted by molar-refractivity contribution is 6.02. The smallest absolute Gasteiger partial charge is 0.338 e. The Kier molecular flexibility index (Phi) is 6.27. The van der Waals surface area contributed by atoms with Crippen molar-refractivity contribution in [1.82, 2.24) is 5.32 Å². The standard InChI is InChI=1S/C18H18N4O6/c1-10-3-6-14(11(2)7-10)20-18(25)21-16(23)9-28-17(24)12-4-5-13(19)15(8-12)22(26)27/h3-8H,9,19H2,1-2H3,(H2,20,21,23,25). The van der Waals surface area contributed by atoms with Crippen molar-refractivity contribution in [3.8, 4) is 0 Å². The number of ether oxygens (including phenoxy) is 1. The summed E-state index contributed by atoms with van der Waals surface area (Å²) in [5.41, 5.74) is 7.11. The van der Waals surface area contributed by atoms with E-state index in [0.29, 0.717) is 5.69 Å². The van der Waals surface area contributed by atoms with Crippen molar-refractivity contribution in [1.29, 1.82) is 0 Å². The lowest BCUT2D eigenvalue weighted by molar-refractivity contribution is -0.383. The minimum absolute atomic E-state index is 0.109. The van der Waals surface area contributed by atoms with E-state index in [0.717, 1.165) is 17.2 Å². The lowest BCUT2D eigenvalue weighted by Crippen LogP contribution is -2.37. The zero-order valence-corrected chi connectivity index (χ0v) is 15.1. The van der Waals surface area contributed by atoms with Crippen LogP contribution in [0.25, 0.3) is 0 Å². The number of rotatable bonds is 5. The minimum Gasteiger partial charge on any atom is -0.452 e. The zero-order chi connectivity index (χ0) is 20.8. The molecule has 0 aliphatic carbocycles. The van der Waals surface area contributed by atoms with Gasteiger partial charge in [0.25, 0.3) is 11.6 Å². The second-order valence-corrected chi connectivity index (χ2v) is 5.93. The largest absolute Gasteiger partial charge is 0.452 e. The lowest BCUT2D eigenvalue weighted by Gasteiger charge is -2.10. The Morgan fingerprint density at radius 1 is 1.14 bits per heavy atom. The third-order valence-corrected chi connectivity index (χ3v) is 3.68. The number of carbonyl (C=O) groups excluding carboxylic acids is 3. The van der Waals surface area contributed by atoms with Crippen LogP contribution in [-0.2, 0) is 9.53 Å². The summed E-state index contributed by atoms with van der Waals surface area (Å²) in [5, 5.41) is 15.4. The fraction of sp³-hybridized carbons (Fsp3) is 0.167. The van der Waals surface area contributed by atoms with Gasteiger partial charge >= 0.3 is 12.0 Å². The first-order valence-electron chi connectivity index (χ1n) is 8.06. The molecule has 0 aromatic heterocycles. The summed E-state index contributed by atoms with van der Waals surface area (Å²) in [6.45, 7) is 2.97. The number of carbonyl (C=O) groups is 3. The van der Waals surface area contributed by atoms with E-state index in [9.17, 15) is 24.5 Å². The molecule has 3 amide bonds. The molecule has 0 radical (unpaired) electrons. The van der Waals surface area contributed by atoms with Crippen molar-refractivity contribution < 1.29 is 24.0 Å². The molecule has 0 heterocycles. The number of nitrogens with two attached hydrogens (primary N) is 1. The molecule has 0 spiro atoms. The van der Waals surface area contributed by atoms with Crippen LogP contribution in [0.5, 0.6) is 0 Å². The van der Waals surface area contributed by atoms with Gasteiger partial charge in [0, 0.05) is 11.8 Å². The zero-order valence-electron chi connectivity index (χ0n) is 15.1. The summed E-state index contributed by atoms with van der Waals surface area (Å²) in [5.74, 6) is -1.83. The number of anilines is 2. The number of amides is 3. The molecule has 146 valence electrons. The number of nitrogen functional groups attached to an aromatic ring is 1. The first-order valence-corrected chi connectivity index (χ1v) is 8.06. The Labute approximate surface area is 159 Å². The quantitative estimate of drug-likeness (QED) is 0.308. The highest BCUT2D eigenvalue weighted by Gasteiger charge is 2.18. The van der Waals surface area contributed by atoms with Crippen LogP contribution < -0.4 is 16.4 Å². The third-order valence-electron chi connectivity index (χ3n) is 3.68. The van der Waals surface area contributed by atoms with Crippen molar-refractivity contribution in [2.24, 2.45) is 0 Å². The summed E-state index contributed by atoms with van der Waals surface area (Å²) in [6, 6.07) is 7.95. The van der Waals surface area contributed by atoms with E-state index in [1.54, 1.807) is 19.1 Å². The number of nitrogens with zero attached hydrogens (tertiary/aromatic N) is 1. The molecule has 4 N–H and O–H groups in total. The molecule has 0 fully saturated rings. The van der Waals surface area contributed by atoms with Gasteiger partial charge in [-0.3, -0.25) is 20.2 Å². The fourth-order valence-electron chi connectivity index (χ4n) is 2.31. The van der Waals surface area contributed by atoms with E-state index in [2.05, 4.69) is 5.32 Å². The Bertz CT molecular complexity index is 957. The Morgan fingerprint density at radius 3 is 2.50 bits per heavy atom. The molecule has 0 saturated heterocycles. The van der Waals surface area contributed by atoms with Crippen molar-refractivity contribution in [3.05, 3.63) is 63.2 Å². The van der Waals surface area contributed by atoms with Crippen LogP contribution in [-0.4, -0.2) is 29.4 Å².